The number of carbonyl (C=O) groups excluding carboxylic acids is 1. The molecule has 0 atom stereocenters. The number of carbonyl (C=O) groups is 1. The van der Waals surface area contributed by atoms with Crippen molar-refractivity contribution >= 4 is 17.5 Å². The van der Waals surface area contributed by atoms with Gasteiger partial charge in [0.1, 0.15) is 5.75 Å². The van der Waals surface area contributed by atoms with Crippen molar-refractivity contribution in [3.63, 3.8) is 0 Å². The molecular weight excluding hydrogens is 252 g/mol. The highest BCUT2D eigenvalue weighted by molar-refractivity contribution is 6.32. The van der Waals surface area contributed by atoms with Crippen LogP contribution in [0.3, 0.4) is 0 Å². The lowest BCUT2D eigenvalue weighted by Crippen LogP contribution is -2.40. The molecule has 0 spiro atoms. The molecular formula is C13H17ClN2O2. The van der Waals surface area contributed by atoms with Crippen molar-refractivity contribution in [2.45, 2.75) is 12.8 Å². The number of phenolic OH excluding ortho intramolecular Hbond substituents is 1. The molecule has 1 aromatic carbocycles. The van der Waals surface area contributed by atoms with Crippen LogP contribution in [0.15, 0.2) is 18.2 Å². The molecule has 18 heavy (non-hydrogen) atoms. The summed E-state index contributed by atoms with van der Waals surface area (Å²) in [5.41, 5.74) is 6.14. The maximum Gasteiger partial charge on any atom is 0.253 e. The average molecular weight is 269 g/mol. The van der Waals surface area contributed by atoms with Gasteiger partial charge in [-0.15, -0.1) is 0 Å². The summed E-state index contributed by atoms with van der Waals surface area (Å²) in [7, 11) is 0. The first-order valence-corrected chi connectivity index (χ1v) is 6.47. The second-order valence-corrected chi connectivity index (χ2v) is 5.04. The summed E-state index contributed by atoms with van der Waals surface area (Å²) in [5, 5.41) is 9.54. The second kappa shape index (κ2) is 5.59. The van der Waals surface area contributed by atoms with Gasteiger partial charge in [-0.3, -0.25) is 4.79 Å². The largest absolute Gasteiger partial charge is 0.506 e. The number of piperidine rings is 1. The van der Waals surface area contributed by atoms with Gasteiger partial charge in [0.2, 0.25) is 0 Å². The van der Waals surface area contributed by atoms with Crippen LogP contribution in [0.1, 0.15) is 23.2 Å². The summed E-state index contributed by atoms with van der Waals surface area (Å²) >= 11 is 5.81. The molecule has 1 heterocycles. The van der Waals surface area contributed by atoms with Crippen molar-refractivity contribution < 1.29 is 9.90 Å². The Bertz CT molecular complexity index is 443. The van der Waals surface area contributed by atoms with Crippen LogP contribution in [0.2, 0.25) is 5.02 Å². The molecule has 2 rings (SSSR count). The van der Waals surface area contributed by atoms with Gasteiger partial charge < -0.3 is 15.7 Å². The van der Waals surface area contributed by atoms with Crippen molar-refractivity contribution in [1.29, 1.82) is 0 Å². The van der Waals surface area contributed by atoms with Crippen LogP contribution in [0.25, 0.3) is 0 Å². The number of halogens is 1. The predicted octanol–water partition coefficient (Wildman–Crippen LogP) is 1.86. The summed E-state index contributed by atoms with van der Waals surface area (Å²) in [5.74, 6) is 0.486. The zero-order chi connectivity index (χ0) is 13.1. The van der Waals surface area contributed by atoms with E-state index >= 15 is 0 Å². The Morgan fingerprint density at radius 3 is 2.67 bits per heavy atom. The second-order valence-electron chi connectivity index (χ2n) is 4.64. The molecule has 4 nitrogen and oxygen atoms in total. The van der Waals surface area contributed by atoms with Crippen LogP contribution in [0, 0.1) is 5.92 Å². The van der Waals surface area contributed by atoms with E-state index in [1.165, 1.54) is 12.1 Å². The van der Waals surface area contributed by atoms with E-state index in [0.29, 0.717) is 18.0 Å². The van der Waals surface area contributed by atoms with Crippen LogP contribution in [-0.4, -0.2) is 35.5 Å². The van der Waals surface area contributed by atoms with Gasteiger partial charge in [0, 0.05) is 18.7 Å². The summed E-state index contributed by atoms with van der Waals surface area (Å²) in [4.78, 5) is 14.0. The number of hydrogen-bond acceptors (Lipinski definition) is 3. The molecule has 0 bridgehead atoms. The van der Waals surface area contributed by atoms with Crippen molar-refractivity contribution in [3.8, 4) is 5.75 Å². The minimum Gasteiger partial charge on any atom is -0.506 e. The molecule has 0 aromatic heterocycles. The molecule has 5 heteroatoms. The number of rotatable bonds is 2. The van der Waals surface area contributed by atoms with Gasteiger partial charge in [-0.05, 0) is 43.5 Å². The zero-order valence-electron chi connectivity index (χ0n) is 10.1. The highest BCUT2D eigenvalue weighted by Gasteiger charge is 2.23. The number of benzene rings is 1. The Hall–Kier alpha value is -1.26. The van der Waals surface area contributed by atoms with Crippen LogP contribution < -0.4 is 5.73 Å². The SMILES string of the molecule is NCC1CCN(C(=O)c2ccc(O)c(Cl)c2)CC1. The maximum atomic E-state index is 12.2. The molecule has 1 aliphatic rings. The molecule has 0 aliphatic carbocycles. The Morgan fingerprint density at radius 2 is 2.11 bits per heavy atom. The van der Waals surface area contributed by atoms with E-state index in [9.17, 15) is 9.90 Å². The average Bonchev–Trinajstić information content (AvgIpc) is 2.41. The standard InChI is InChI=1S/C13H17ClN2O2/c14-11-7-10(1-2-12(11)17)13(18)16-5-3-9(8-15)4-6-16/h1-2,7,9,17H,3-6,8,15H2. The smallest absolute Gasteiger partial charge is 0.253 e. The fourth-order valence-corrected chi connectivity index (χ4v) is 2.37. The highest BCUT2D eigenvalue weighted by atomic mass is 35.5. The zero-order valence-corrected chi connectivity index (χ0v) is 10.9. The summed E-state index contributed by atoms with van der Waals surface area (Å²) in [6.45, 7) is 2.16. The van der Waals surface area contributed by atoms with E-state index in [4.69, 9.17) is 17.3 Å². The lowest BCUT2D eigenvalue weighted by molar-refractivity contribution is 0.0693. The summed E-state index contributed by atoms with van der Waals surface area (Å²) in [6.07, 6.45) is 1.90. The van der Waals surface area contributed by atoms with Crippen molar-refractivity contribution in [3.05, 3.63) is 28.8 Å². The first-order valence-electron chi connectivity index (χ1n) is 6.09. The third-order valence-electron chi connectivity index (χ3n) is 3.43. The quantitative estimate of drug-likeness (QED) is 0.860. The Balaban J connectivity index is 2.05. The van der Waals surface area contributed by atoms with Crippen molar-refractivity contribution in [2.24, 2.45) is 11.7 Å². The van der Waals surface area contributed by atoms with Crippen LogP contribution in [-0.2, 0) is 0 Å². The third kappa shape index (κ3) is 2.76. The van der Waals surface area contributed by atoms with E-state index < -0.39 is 0 Å². The van der Waals surface area contributed by atoms with Gasteiger partial charge in [-0.2, -0.15) is 0 Å². The molecule has 1 aromatic rings. The number of nitrogens with two attached hydrogens (primary N) is 1. The monoisotopic (exact) mass is 268 g/mol. The number of hydrogen-bond donors (Lipinski definition) is 2. The molecule has 0 unspecified atom stereocenters. The lowest BCUT2D eigenvalue weighted by atomic mass is 9.96. The van der Waals surface area contributed by atoms with Gasteiger partial charge in [0.05, 0.1) is 5.02 Å². The van der Waals surface area contributed by atoms with Crippen molar-refractivity contribution in [2.75, 3.05) is 19.6 Å². The van der Waals surface area contributed by atoms with E-state index in [2.05, 4.69) is 0 Å². The maximum absolute atomic E-state index is 12.2. The van der Waals surface area contributed by atoms with Gasteiger partial charge in [0.15, 0.2) is 0 Å². The number of nitrogens with zero attached hydrogens (tertiary/aromatic N) is 1. The number of likely N-dealkylation sites (tertiary alicyclic amines) is 1. The van der Waals surface area contributed by atoms with E-state index in [-0.39, 0.29) is 16.7 Å². The molecule has 1 aliphatic heterocycles. The predicted molar refractivity (Wildman–Crippen MR) is 70.8 cm³/mol. The van der Waals surface area contributed by atoms with Gasteiger partial charge in [-0.25, -0.2) is 0 Å². The normalized spacial score (nSPS) is 16.9. The molecule has 1 amide bonds. The van der Waals surface area contributed by atoms with Gasteiger partial charge in [-0.1, -0.05) is 11.6 Å². The van der Waals surface area contributed by atoms with Gasteiger partial charge >= 0.3 is 0 Å². The molecule has 0 radical (unpaired) electrons. The molecule has 3 N–H and O–H groups in total. The van der Waals surface area contributed by atoms with Crippen LogP contribution >= 0.6 is 11.6 Å². The molecule has 1 saturated heterocycles. The summed E-state index contributed by atoms with van der Waals surface area (Å²) in [6, 6.07) is 4.55. The highest BCUT2D eigenvalue weighted by Crippen LogP contribution is 2.25. The van der Waals surface area contributed by atoms with Gasteiger partial charge in [0.25, 0.3) is 5.91 Å². The number of aromatic hydroxyl groups is 1. The fraction of sp³-hybridized carbons (Fsp3) is 0.462. The minimum atomic E-state index is -0.0348. The fourth-order valence-electron chi connectivity index (χ4n) is 2.19. The first kappa shape index (κ1) is 13.2. The lowest BCUT2D eigenvalue weighted by Gasteiger charge is -2.31. The van der Waals surface area contributed by atoms with Crippen LogP contribution in [0.5, 0.6) is 5.75 Å². The first-order chi connectivity index (χ1) is 8.61. The van der Waals surface area contributed by atoms with E-state index in [0.717, 1.165) is 25.9 Å². The third-order valence-corrected chi connectivity index (χ3v) is 3.73. The summed E-state index contributed by atoms with van der Waals surface area (Å²) < 4.78 is 0. The number of phenols is 1. The number of amides is 1. The minimum absolute atomic E-state index is 0.00458. The topological polar surface area (TPSA) is 66.6 Å². The molecule has 1 fully saturated rings. The van der Waals surface area contributed by atoms with E-state index in [1.807, 2.05) is 4.90 Å². The molecule has 98 valence electrons. The Kier molecular flexibility index (Phi) is 4.09. The molecule has 0 saturated carbocycles. The Morgan fingerprint density at radius 1 is 1.44 bits per heavy atom. The van der Waals surface area contributed by atoms with Crippen molar-refractivity contribution in [1.82, 2.24) is 4.90 Å². The van der Waals surface area contributed by atoms with Crippen LogP contribution in [0.4, 0.5) is 0 Å². The Labute approximate surface area is 111 Å². The van der Waals surface area contributed by atoms with E-state index in [1.54, 1.807) is 6.07 Å².